The number of fused-ring (bicyclic) bond motifs is 3. The van der Waals surface area contributed by atoms with Crippen LogP contribution >= 0.6 is 23.2 Å². The Morgan fingerprint density at radius 3 is 2.26 bits per heavy atom. The molecule has 3 atom stereocenters. The molecule has 5 aromatic rings. The van der Waals surface area contributed by atoms with Crippen molar-refractivity contribution in [3.05, 3.63) is 158 Å². The minimum atomic E-state index is -1.12. The Hall–Kier alpha value is -5.49. The quantitative estimate of drug-likeness (QED) is 0.0841. The van der Waals surface area contributed by atoms with Crippen molar-refractivity contribution in [1.29, 1.82) is 0 Å². The van der Waals surface area contributed by atoms with Gasteiger partial charge >= 0.3 is 12.1 Å². The van der Waals surface area contributed by atoms with E-state index in [1.807, 2.05) is 60.7 Å². The maximum absolute atomic E-state index is 13.4. The third-order valence-corrected chi connectivity index (χ3v) is 11.5. The van der Waals surface area contributed by atoms with E-state index in [1.54, 1.807) is 30.3 Å². The van der Waals surface area contributed by atoms with Crippen LogP contribution in [-0.2, 0) is 17.8 Å². The molecule has 2 bridgehead atoms. The number of aromatic carboxylic acids is 1. The molecule has 1 amide bonds. The predicted molar refractivity (Wildman–Crippen MR) is 216 cm³/mol. The number of hydrogen-bond acceptors (Lipinski definition) is 8. The van der Waals surface area contributed by atoms with E-state index in [2.05, 4.69) is 10.2 Å². The highest BCUT2D eigenvalue weighted by molar-refractivity contribution is 6.35. The number of carbonyl (C=O) groups excluding carboxylic acids is 1. The zero-order valence-corrected chi connectivity index (χ0v) is 33.0. The summed E-state index contributed by atoms with van der Waals surface area (Å²) in [6.45, 7) is 2.96. The van der Waals surface area contributed by atoms with Gasteiger partial charge in [0, 0.05) is 18.0 Å². The van der Waals surface area contributed by atoms with Crippen molar-refractivity contribution in [3.63, 3.8) is 0 Å². The summed E-state index contributed by atoms with van der Waals surface area (Å²) in [7, 11) is 3.05. The molecule has 3 aliphatic rings. The summed E-state index contributed by atoms with van der Waals surface area (Å²) >= 11 is 13.1. The molecule has 3 saturated heterocycles. The monoisotopic (exact) mass is 811 g/mol. The number of pyridine rings is 1. The molecule has 57 heavy (non-hydrogen) atoms. The molecule has 11 nitrogen and oxygen atoms in total. The summed E-state index contributed by atoms with van der Waals surface area (Å²) in [5, 5.41) is 25.9. The highest BCUT2D eigenvalue weighted by Gasteiger charge is 2.37. The van der Waals surface area contributed by atoms with Crippen molar-refractivity contribution >= 4 is 35.3 Å². The number of carbonyl (C=O) groups is 2. The second-order valence-electron chi connectivity index (χ2n) is 14.3. The van der Waals surface area contributed by atoms with E-state index in [4.69, 9.17) is 42.1 Å². The predicted octanol–water partition coefficient (Wildman–Crippen LogP) is 8.21. The lowest BCUT2D eigenvalue weighted by molar-refractivity contribution is -0.605. The van der Waals surface area contributed by atoms with Gasteiger partial charge in [0.15, 0.2) is 23.9 Å². The van der Waals surface area contributed by atoms with Crippen LogP contribution in [0.5, 0.6) is 17.2 Å². The Bertz CT molecular complexity index is 2210. The average molecular weight is 813 g/mol. The van der Waals surface area contributed by atoms with Crippen LogP contribution in [0.3, 0.4) is 0 Å². The molecule has 0 radical (unpaired) electrons. The van der Waals surface area contributed by atoms with Gasteiger partial charge in [-0.25, -0.2) is 9.59 Å². The SMILES string of the molecule is COc1ccc(C(Cc2c(Cl)c[n+]([O-])cc2Cl)c2cc(COc3cccc(C(NC(=O)O[C@H]4CN5CCC4CC5)c4ccccc4)c3)ccc2C(=O)O)cc1OC. The first-order chi connectivity index (χ1) is 27.6. The zero-order chi connectivity index (χ0) is 40.1. The van der Waals surface area contributed by atoms with Gasteiger partial charge in [-0.15, -0.1) is 0 Å². The number of methoxy groups -OCH3 is 2. The number of carboxylic acids is 1. The second kappa shape index (κ2) is 17.8. The molecule has 2 N–H and O–H groups in total. The van der Waals surface area contributed by atoms with Gasteiger partial charge in [0.25, 0.3) is 0 Å². The molecule has 0 saturated carbocycles. The van der Waals surface area contributed by atoms with Crippen LogP contribution in [-0.4, -0.2) is 62.0 Å². The van der Waals surface area contributed by atoms with Crippen LogP contribution in [0, 0.1) is 11.1 Å². The lowest BCUT2D eigenvalue weighted by Gasteiger charge is -2.43. The molecule has 296 valence electrons. The Kier molecular flexibility index (Phi) is 12.4. The van der Waals surface area contributed by atoms with Gasteiger partial charge in [0.05, 0.1) is 25.8 Å². The molecule has 3 aliphatic heterocycles. The van der Waals surface area contributed by atoms with Crippen molar-refractivity contribution < 1.29 is 38.4 Å². The normalized spacial score (nSPS) is 18.3. The average Bonchev–Trinajstić information content (AvgIpc) is 3.22. The number of benzene rings is 4. The lowest BCUT2D eigenvalue weighted by Crippen LogP contribution is -2.52. The molecule has 4 heterocycles. The number of nitrogens with one attached hydrogen (secondary N) is 1. The van der Waals surface area contributed by atoms with Crippen LogP contribution in [0.4, 0.5) is 4.79 Å². The molecular formula is C44H43Cl2N3O8. The van der Waals surface area contributed by atoms with E-state index >= 15 is 0 Å². The highest BCUT2D eigenvalue weighted by atomic mass is 35.5. The second-order valence-corrected chi connectivity index (χ2v) is 15.1. The fraction of sp³-hybridized carbons (Fsp3) is 0.295. The number of alkyl carbamates (subject to hydrolysis) is 1. The third-order valence-electron chi connectivity index (χ3n) is 10.8. The number of piperidine rings is 3. The Balaban J connectivity index is 1.17. The number of rotatable bonds is 14. The Morgan fingerprint density at radius 2 is 1.60 bits per heavy atom. The number of ether oxygens (including phenoxy) is 4. The summed E-state index contributed by atoms with van der Waals surface area (Å²) in [5.74, 6) is 0.165. The zero-order valence-electron chi connectivity index (χ0n) is 31.5. The van der Waals surface area contributed by atoms with Crippen molar-refractivity contribution in [2.45, 2.75) is 43.9 Å². The van der Waals surface area contributed by atoms with Crippen LogP contribution in [0.2, 0.25) is 10.0 Å². The standard InChI is InChI=1S/C44H43Cl2N3O8/c1-54-39-14-12-30(21-40(39)55-2)34(22-36-37(45)23-49(53)24-38(36)46)35-19-27(11-13-33(35)43(50)51)26-56-32-10-6-9-31(20-32)42(29-7-4-3-5-8-29)47-44(52)57-41-25-48-17-15-28(41)16-18-48/h3-14,19-21,23-24,28,34,41-42H,15-18,22,25-26H2,1-2H3,(H,47,52)(H,50,51)/t34?,41-,42?/m0/s1. The molecule has 13 heteroatoms. The maximum atomic E-state index is 13.4. The number of amides is 1. The van der Waals surface area contributed by atoms with E-state index in [9.17, 15) is 19.9 Å². The first-order valence-corrected chi connectivity index (χ1v) is 19.5. The fourth-order valence-corrected chi connectivity index (χ4v) is 8.48. The maximum Gasteiger partial charge on any atom is 0.408 e. The van der Waals surface area contributed by atoms with Gasteiger partial charge < -0.3 is 34.6 Å². The smallest absolute Gasteiger partial charge is 0.408 e. The lowest BCUT2D eigenvalue weighted by atomic mass is 9.82. The van der Waals surface area contributed by atoms with Crippen molar-refractivity contribution in [2.75, 3.05) is 33.9 Å². The molecule has 2 unspecified atom stereocenters. The first kappa shape index (κ1) is 39.7. The van der Waals surface area contributed by atoms with Crippen molar-refractivity contribution in [3.8, 4) is 17.2 Å². The van der Waals surface area contributed by atoms with Gasteiger partial charge in [-0.1, -0.05) is 83.9 Å². The van der Waals surface area contributed by atoms with Crippen LogP contribution < -0.4 is 24.3 Å². The summed E-state index contributed by atoms with van der Waals surface area (Å²) in [6.07, 6.45) is 4.07. The van der Waals surface area contributed by atoms with Gasteiger partial charge in [0.1, 0.15) is 28.5 Å². The number of hydrogen-bond donors (Lipinski definition) is 2. The Labute approximate surface area is 341 Å². The topological polar surface area (TPSA) is 134 Å². The van der Waals surface area contributed by atoms with E-state index in [1.165, 1.54) is 26.6 Å². The Morgan fingerprint density at radius 1 is 0.877 bits per heavy atom. The van der Waals surface area contributed by atoms with E-state index in [0.717, 1.165) is 43.6 Å². The first-order valence-electron chi connectivity index (χ1n) is 18.7. The summed E-state index contributed by atoms with van der Waals surface area (Å²) in [6, 6.07) is 27.1. The molecular weight excluding hydrogens is 769 g/mol. The summed E-state index contributed by atoms with van der Waals surface area (Å²) in [5.41, 5.74) is 4.13. The minimum absolute atomic E-state index is 0.0736. The largest absolute Gasteiger partial charge is 0.619 e. The van der Waals surface area contributed by atoms with Gasteiger partial charge in [0.2, 0.25) is 0 Å². The van der Waals surface area contributed by atoms with Gasteiger partial charge in [-0.2, -0.15) is 4.73 Å². The van der Waals surface area contributed by atoms with E-state index in [-0.39, 0.29) is 34.7 Å². The highest BCUT2D eigenvalue weighted by Crippen LogP contribution is 2.39. The number of carboxylic acid groups (broad SMARTS) is 1. The van der Waals surface area contributed by atoms with Crippen LogP contribution in [0.15, 0.2) is 103 Å². The van der Waals surface area contributed by atoms with Gasteiger partial charge in [-0.05, 0) is 96.4 Å². The molecule has 0 aliphatic carbocycles. The fourth-order valence-electron chi connectivity index (χ4n) is 7.88. The summed E-state index contributed by atoms with van der Waals surface area (Å²) in [4.78, 5) is 28.4. The summed E-state index contributed by atoms with van der Waals surface area (Å²) < 4.78 is 23.9. The third kappa shape index (κ3) is 9.23. The molecule has 3 fully saturated rings. The van der Waals surface area contributed by atoms with E-state index in [0.29, 0.717) is 50.2 Å². The van der Waals surface area contributed by atoms with Gasteiger partial charge in [-0.3, -0.25) is 4.90 Å². The molecule has 1 aromatic heterocycles. The molecule has 0 spiro atoms. The van der Waals surface area contributed by atoms with Crippen LogP contribution in [0.25, 0.3) is 0 Å². The number of halogens is 2. The van der Waals surface area contributed by atoms with Crippen molar-refractivity contribution in [1.82, 2.24) is 10.2 Å². The van der Waals surface area contributed by atoms with Crippen LogP contribution in [0.1, 0.15) is 68.5 Å². The van der Waals surface area contributed by atoms with E-state index < -0.39 is 24.0 Å². The minimum Gasteiger partial charge on any atom is -0.619 e. The molecule has 8 rings (SSSR count). The number of aromatic nitrogens is 1. The molecule has 4 aromatic carbocycles. The number of nitrogens with zero attached hydrogens (tertiary/aromatic N) is 2. The van der Waals surface area contributed by atoms with Crippen molar-refractivity contribution in [2.24, 2.45) is 5.92 Å².